The molecule has 0 spiro atoms. The summed E-state index contributed by atoms with van der Waals surface area (Å²) in [6.07, 6.45) is 0. The first kappa shape index (κ1) is 32.0. The van der Waals surface area contributed by atoms with Gasteiger partial charge in [0, 0.05) is 57.4 Å². The third-order valence-electron chi connectivity index (χ3n) is 10.9. The van der Waals surface area contributed by atoms with E-state index in [1.165, 1.54) is 84.5 Å². The van der Waals surface area contributed by atoms with E-state index in [9.17, 15) is 0 Å². The van der Waals surface area contributed by atoms with E-state index < -0.39 is 0 Å². The van der Waals surface area contributed by atoms with Crippen molar-refractivity contribution in [3.05, 3.63) is 200 Å². The maximum Gasteiger partial charge on any atom is 0.0467 e. The van der Waals surface area contributed by atoms with Crippen molar-refractivity contribution in [3.63, 3.8) is 0 Å². The summed E-state index contributed by atoms with van der Waals surface area (Å²) in [5.74, 6) is 0. The molecule has 0 saturated carbocycles. The minimum atomic E-state index is 1.11. The molecule has 0 unspecified atom stereocenters. The van der Waals surface area contributed by atoms with E-state index in [1.807, 2.05) is 22.7 Å². The van der Waals surface area contributed by atoms with Gasteiger partial charge in [0.2, 0.25) is 0 Å². The predicted molar refractivity (Wildman–Crippen MR) is 241 cm³/mol. The van der Waals surface area contributed by atoms with Crippen LogP contribution in [0.4, 0.5) is 17.1 Å². The number of fused-ring (bicyclic) bond motifs is 7. The first-order chi connectivity index (χ1) is 27.2. The van der Waals surface area contributed by atoms with Crippen molar-refractivity contribution in [2.75, 3.05) is 4.90 Å². The van der Waals surface area contributed by atoms with Crippen LogP contribution in [0, 0.1) is 0 Å². The van der Waals surface area contributed by atoms with Gasteiger partial charge in [-0.3, -0.25) is 0 Å². The lowest BCUT2D eigenvalue weighted by atomic mass is 9.97. The van der Waals surface area contributed by atoms with Crippen LogP contribution < -0.4 is 4.90 Å². The normalized spacial score (nSPS) is 11.6. The molecule has 3 heteroatoms. The second-order valence-corrected chi connectivity index (χ2v) is 16.3. The Bertz CT molecular complexity index is 3200. The second kappa shape index (κ2) is 13.1. The van der Waals surface area contributed by atoms with Gasteiger partial charge in [-0.1, -0.05) is 133 Å². The van der Waals surface area contributed by atoms with Gasteiger partial charge in [0.1, 0.15) is 0 Å². The van der Waals surface area contributed by atoms with Crippen LogP contribution in [-0.2, 0) is 0 Å². The molecule has 2 heterocycles. The number of nitrogens with zero attached hydrogens (tertiary/aromatic N) is 1. The lowest BCUT2D eigenvalue weighted by molar-refractivity contribution is 1.28. The highest BCUT2D eigenvalue weighted by Crippen LogP contribution is 2.42. The Morgan fingerprint density at radius 1 is 0.273 bits per heavy atom. The molecule has 0 saturated heterocycles. The summed E-state index contributed by atoms with van der Waals surface area (Å²) >= 11 is 3.73. The van der Waals surface area contributed by atoms with Gasteiger partial charge in [0.15, 0.2) is 0 Å². The molecular formula is C52H33NS2. The van der Waals surface area contributed by atoms with Crippen LogP contribution in [0.25, 0.3) is 84.5 Å². The predicted octanol–water partition coefficient (Wildman–Crippen LogP) is 16.0. The number of anilines is 3. The summed E-state index contributed by atoms with van der Waals surface area (Å²) in [6.45, 7) is 0. The first-order valence-corrected chi connectivity index (χ1v) is 20.3. The highest BCUT2D eigenvalue weighted by atomic mass is 32.1. The zero-order valence-corrected chi connectivity index (χ0v) is 31.4. The van der Waals surface area contributed by atoms with E-state index in [-0.39, 0.29) is 0 Å². The fourth-order valence-electron chi connectivity index (χ4n) is 8.15. The maximum atomic E-state index is 2.38. The summed E-state index contributed by atoms with van der Waals surface area (Å²) in [5, 5.41) is 7.80. The molecule has 0 amide bonds. The van der Waals surface area contributed by atoms with Gasteiger partial charge in [0.05, 0.1) is 0 Å². The SMILES string of the molecule is c1cc(-c2cccc3ccccc23)cc(N(c2ccc(-c3ccc4c(c3)sc3ccccc34)cc2)c2ccc(-c3ccc4sc5ccccc5c4c3)cc2)c1. The summed E-state index contributed by atoms with van der Waals surface area (Å²) in [7, 11) is 0. The van der Waals surface area contributed by atoms with Crippen molar-refractivity contribution in [2.24, 2.45) is 0 Å². The topological polar surface area (TPSA) is 3.24 Å². The van der Waals surface area contributed by atoms with E-state index in [4.69, 9.17) is 0 Å². The summed E-state index contributed by atoms with van der Waals surface area (Å²) in [4.78, 5) is 2.38. The van der Waals surface area contributed by atoms with Crippen molar-refractivity contribution in [1.29, 1.82) is 0 Å². The molecule has 0 aliphatic heterocycles. The monoisotopic (exact) mass is 735 g/mol. The molecule has 11 rings (SSSR count). The second-order valence-electron chi connectivity index (χ2n) is 14.1. The Hall–Kier alpha value is -6.52. The zero-order chi connectivity index (χ0) is 36.3. The van der Waals surface area contributed by atoms with Crippen LogP contribution in [0.1, 0.15) is 0 Å². The maximum absolute atomic E-state index is 2.38. The Kier molecular flexibility index (Phi) is 7.61. The minimum Gasteiger partial charge on any atom is -0.310 e. The van der Waals surface area contributed by atoms with Gasteiger partial charge in [-0.25, -0.2) is 0 Å². The van der Waals surface area contributed by atoms with Gasteiger partial charge in [-0.15, -0.1) is 22.7 Å². The van der Waals surface area contributed by atoms with Gasteiger partial charge in [-0.2, -0.15) is 0 Å². The lowest BCUT2D eigenvalue weighted by Crippen LogP contribution is -2.10. The number of hydrogen-bond donors (Lipinski definition) is 0. The Balaban J connectivity index is 1.000. The molecule has 2 aromatic heterocycles. The quantitative estimate of drug-likeness (QED) is 0.164. The first-order valence-electron chi connectivity index (χ1n) is 18.7. The molecule has 1 nitrogen and oxygen atoms in total. The molecular weight excluding hydrogens is 703 g/mol. The van der Waals surface area contributed by atoms with Gasteiger partial charge >= 0.3 is 0 Å². The molecule has 9 aromatic carbocycles. The molecule has 258 valence electrons. The summed E-state index contributed by atoms with van der Waals surface area (Å²) < 4.78 is 5.31. The number of hydrogen-bond acceptors (Lipinski definition) is 3. The standard InChI is InChI=1S/C52H33NS2/c1-2-13-43-36(9-1)10-8-16-44(43)39-11-7-12-42(31-39)53(40-25-19-34(20-26-40)37-24-30-51-48(32-37)46-15-4-6-18-50(46)54-51)41-27-21-35(22-28-41)38-23-29-47-45-14-3-5-17-49(45)55-52(47)33-38/h1-33H. The highest BCUT2D eigenvalue weighted by molar-refractivity contribution is 7.26. The van der Waals surface area contributed by atoms with Crippen LogP contribution >= 0.6 is 22.7 Å². The Morgan fingerprint density at radius 2 is 0.800 bits per heavy atom. The molecule has 0 aliphatic rings. The third kappa shape index (κ3) is 5.60. The number of thiophene rings is 2. The van der Waals surface area contributed by atoms with Crippen molar-refractivity contribution >= 4 is 90.9 Å². The Morgan fingerprint density at radius 3 is 1.55 bits per heavy atom. The van der Waals surface area contributed by atoms with E-state index >= 15 is 0 Å². The lowest BCUT2D eigenvalue weighted by Gasteiger charge is -2.26. The highest BCUT2D eigenvalue weighted by Gasteiger charge is 2.16. The molecule has 55 heavy (non-hydrogen) atoms. The molecule has 0 N–H and O–H groups in total. The number of benzene rings is 9. The summed E-state index contributed by atoms with van der Waals surface area (Å²) in [6, 6.07) is 73.5. The van der Waals surface area contributed by atoms with Crippen LogP contribution in [0.15, 0.2) is 200 Å². The fourth-order valence-corrected chi connectivity index (χ4v) is 10.4. The van der Waals surface area contributed by atoms with Crippen molar-refractivity contribution in [3.8, 4) is 33.4 Å². The third-order valence-corrected chi connectivity index (χ3v) is 13.2. The average molecular weight is 736 g/mol. The van der Waals surface area contributed by atoms with Crippen LogP contribution in [0.5, 0.6) is 0 Å². The van der Waals surface area contributed by atoms with E-state index in [1.54, 1.807) is 0 Å². The van der Waals surface area contributed by atoms with Crippen LogP contribution in [-0.4, -0.2) is 0 Å². The van der Waals surface area contributed by atoms with Crippen LogP contribution in [0.3, 0.4) is 0 Å². The molecule has 0 fully saturated rings. The zero-order valence-electron chi connectivity index (χ0n) is 29.8. The van der Waals surface area contributed by atoms with Crippen molar-refractivity contribution in [1.82, 2.24) is 0 Å². The minimum absolute atomic E-state index is 1.11. The van der Waals surface area contributed by atoms with Crippen molar-refractivity contribution < 1.29 is 0 Å². The number of rotatable bonds is 6. The Labute approximate surface area is 327 Å². The molecule has 0 bridgehead atoms. The molecule has 0 radical (unpaired) electrons. The summed E-state index contributed by atoms with van der Waals surface area (Å²) in [5.41, 5.74) is 10.6. The largest absolute Gasteiger partial charge is 0.310 e. The fraction of sp³-hybridized carbons (Fsp3) is 0. The molecule has 0 atom stereocenters. The van der Waals surface area contributed by atoms with Crippen molar-refractivity contribution in [2.45, 2.75) is 0 Å². The van der Waals surface area contributed by atoms with E-state index in [0.717, 1.165) is 17.1 Å². The average Bonchev–Trinajstić information content (AvgIpc) is 3.82. The van der Waals surface area contributed by atoms with Gasteiger partial charge in [0.25, 0.3) is 0 Å². The van der Waals surface area contributed by atoms with E-state index in [0.29, 0.717) is 0 Å². The van der Waals surface area contributed by atoms with Gasteiger partial charge in [-0.05, 0) is 111 Å². The van der Waals surface area contributed by atoms with E-state index in [2.05, 4.69) is 205 Å². The molecule has 0 aliphatic carbocycles. The van der Waals surface area contributed by atoms with Gasteiger partial charge < -0.3 is 4.90 Å². The smallest absolute Gasteiger partial charge is 0.0467 e. The van der Waals surface area contributed by atoms with Crippen LogP contribution in [0.2, 0.25) is 0 Å². The molecule has 11 aromatic rings.